The van der Waals surface area contributed by atoms with E-state index in [1.807, 2.05) is 0 Å². The number of likely N-dealkylation sites (tertiary alicyclic amines) is 3. The monoisotopic (exact) mass is 665 g/mol. The lowest BCUT2D eigenvalue weighted by molar-refractivity contribution is -0.184. The molecule has 0 spiro atoms. The van der Waals surface area contributed by atoms with E-state index in [0.29, 0.717) is 0 Å². The molecule has 0 bridgehead atoms. The van der Waals surface area contributed by atoms with Crippen LogP contribution in [0, 0.1) is 17.8 Å². The van der Waals surface area contributed by atoms with Gasteiger partial charge in [-0.3, -0.25) is 24.3 Å². The fourth-order valence-corrected chi connectivity index (χ4v) is 8.62. The van der Waals surface area contributed by atoms with Crippen molar-refractivity contribution in [3.63, 3.8) is 0 Å². The van der Waals surface area contributed by atoms with E-state index in [2.05, 4.69) is 119 Å². The second-order valence-corrected chi connectivity index (χ2v) is 18.3. The zero-order chi connectivity index (χ0) is 36.2. The fraction of sp³-hybridized carbons (Fsp3) is 0.919. The van der Waals surface area contributed by atoms with Gasteiger partial charge in [0.15, 0.2) is 5.60 Å². The van der Waals surface area contributed by atoms with Crippen LogP contribution in [-0.4, -0.2) is 120 Å². The van der Waals surface area contributed by atoms with Gasteiger partial charge in [-0.25, -0.2) is 4.79 Å². The van der Waals surface area contributed by atoms with Gasteiger partial charge in [-0.2, -0.15) is 0 Å². The van der Waals surface area contributed by atoms with Crippen LogP contribution in [0.15, 0.2) is 0 Å². The Hall–Kier alpha value is -1.75. The number of hydrogen-bond donors (Lipinski definition) is 0. The van der Waals surface area contributed by atoms with E-state index in [9.17, 15) is 14.4 Å². The molecule has 3 rings (SSSR count). The van der Waals surface area contributed by atoms with E-state index in [1.165, 1.54) is 7.11 Å². The molecule has 0 aliphatic carbocycles. The highest BCUT2D eigenvalue weighted by Gasteiger charge is 2.53. The van der Waals surface area contributed by atoms with Crippen LogP contribution in [0.4, 0.5) is 0 Å². The summed E-state index contributed by atoms with van der Waals surface area (Å²) >= 11 is 0. The maximum absolute atomic E-state index is 14.0. The molecule has 3 atom stereocenters. The van der Waals surface area contributed by atoms with Crippen LogP contribution in [0.3, 0.4) is 0 Å². The van der Waals surface area contributed by atoms with Gasteiger partial charge in [0, 0.05) is 58.1 Å². The predicted octanol–water partition coefficient (Wildman–Crippen LogP) is 5.31. The van der Waals surface area contributed by atoms with Crippen molar-refractivity contribution in [3.8, 4) is 0 Å². The summed E-state index contributed by atoms with van der Waals surface area (Å²) in [7, 11) is 7.61. The van der Waals surface area contributed by atoms with Gasteiger partial charge < -0.3 is 18.9 Å². The summed E-state index contributed by atoms with van der Waals surface area (Å²) in [5.41, 5.74) is -2.62. The number of ether oxygens (including phenoxy) is 4. The second kappa shape index (κ2) is 13.2. The lowest BCUT2D eigenvalue weighted by Gasteiger charge is -2.38. The smallest absolute Gasteiger partial charge is 0.339 e. The van der Waals surface area contributed by atoms with Gasteiger partial charge in [-0.1, -0.05) is 0 Å². The molecule has 0 aromatic heterocycles. The van der Waals surface area contributed by atoms with Crippen molar-refractivity contribution in [3.05, 3.63) is 0 Å². The topological polar surface area (TPSA) is 97.8 Å². The molecule has 0 amide bonds. The molecular formula is C37H67N3O7. The summed E-state index contributed by atoms with van der Waals surface area (Å²) < 4.78 is 23.4. The predicted molar refractivity (Wildman–Crippen MR) is 184 cm³/mol. The SMILES string of the molecule is COC(CC(=O)OCC1CC(C)(C)N(C)C1(C)C)(CC(=O)OCC1CC(C)(C)N(C)C1(C)C)C(=O)OCC1CC(C)(C)N(C)C1(C)C. The minimum absolute atomic E-state index is 0.0427. The summed E-state index contributed by atoms with van der Waals surface area (Å²) in [6.07, 6.45) is 1.65. The molecule has 3 aliphatic rings. The molecule has 0 radical (unpaired) electrons. The normalized spacial score (nSPS) is 30.5. The lowest BCUT2D eigenvalue weighted by Crippen LogP contribution is -2.49. The zero-order valence-corrected chi connectivity index (χ0v) is 32.6. The number of esters is 3. The number of carbonyl (C=O) groups is 3. The van der Waals surface area contributed by atoms with E-state index in [-0.39, 0.29) is 70.8 Å². The largest absolute Gasteiger partial charge is 0.465 e. The molecule has 0 saturated carbocycles. The van der Waals surface area contributed by atoms with Crippen LogP contribution in [0.5, 0.6) is 0 Å². The molecule has 10 heteroatoms. The first-order valence-corrected chi connectivity index (χ1v) is 17.4. The van der Waals surface area contributed by atoms with Crippen LogP contribution in [0.25, 0.3) is 0 Å². The summed E-state index contributed by atoms with van der Waals surface area (Å²) in [5.74, 6) is -1.72. The van der Waals surface area contributed by atoms with Crippen LogP contribution in [-0.2, 0) is 33.3 Å². The number of rotatable bonds is 12. The van der Waals surface area contributed by atoms with Crippen molar-refractivity contribution in [2.75, 3.05) is 48.1 Å². The van der Waals surface area contributed by atoms with Crippen molar-refractivity contribution in [1.29, 1.82) is 0 Å². The molecule has 3 aliphatic heterocycles. The Bertz CT molecular complexity index is 1120. The summed E-state index contributed by atoms with van der Waals surface area (Å²) in [6.45, 7) is 26.5. The first-order chi connectivity index (χ1) is 21.2. The molecule has 0 aromatic carbocycles. The van der Waals surface area contributed by atoms with Gasteiger partial charge in [0.1, 0.15) is 0 Å². The van der Waals surface area contributed by atoms with Gasteiger partial charge in [0.05, 0.1) is 32.7 Å². The van der Waals surface area contributed by atoms with Gasteiger partial charge in [-0.15, -0.1) is 0 Å². The maximum Gasteiger partial charge on any atom is 0.339 e. The lowest BCUT2D eigenvalue weighted by atomic mass is 9.87. The molecule has 3 fully saturated rings. The fourth-order valence-electron chi connectivity index (χ4n) is 8.62. The second-order valence-electron chi connectivity index (χ2n) is 18.3. The van der Waals surface area contributed by atoms with E-state index in [0.717, 1.165) is 19.3 Å². The van der Waals surface area contributed by atoms with Crippen molar-refractivity contribution in [2.45, 2.75) is 154 Å². The highest BCUT2D eigenvalue weighted by atomic mass is 16.6. The van der Waals surface area contributed by atoms with Gasteiger partial charge >= 0.3 is 17.9 Å². The highest BCUT2D eigenvalue weighted by Crippen LogP contribution is 2.46. The first-order valence-electron chi connectivity index (χ1n) is 17.4. The third-order valence-electron chi connectivity index (χ3n) is 13.5. The zero-order valence-electron chi connectivity index (χ0n) is 32.6. The Labute approximate surface area is 285 Å². The Balaban J connectivity index is 1.77. The number of carbonyl (C=O) groups excluding carboxylic acids is 3. The number of nitrogens with zero attached hydrogens (tertiary/aromatic N) is 3. The van der Waals surface area contributed by atoms with Gasteiger partial charge in [0.25, 0.3) is 0 Å². The van der Waals surface area contributed by atoms with E-state index in [4.69, 9.17) is 18.9 Å². The first kappa shape index (κ1) is 39.7. The minimum atomic E-state index is -1.87. The maximum atomic E-state index is 14.0. The molecule has 0 N–H and O–H groups in total. The summed E-state index contributed by atoms with van der Waals surface area (Å²) in [4.78, 5) is 47.9. The molecule has 47 heavy (non-hydrogen) atoms. The molecule has 3 heterocycles. The quantitative estimate of drug-likeness (QED) is 0.202. The van der Waals surface area contributed by atoms with Crippen molar-refractivity contribution in [2.24, 2.45) is 17.8 Å². The van der Waals surface area contributed by atoms with Gasteiger partial charge in [-0.05, 0) is 123 Å². The molecule has 3 unspecified atom stereocenters. The van der Waals surface area contributed by atoms with Crippen molar-refractivity contribution in [1.82, 2.24) is 14.7 Å². The standard InChI is InChI=1S/C37H67N3O7/c1-31(2)17-25(34(7,8)38(31)13)22-45-28(41)20-37(44-16,30(43)47-24-27-19-33(5,6)40(15)36(27,11)12)21-29(42)46-23-26-18-32(3,4)39(14)35(26,9)10/h25-27H,17-24H2,1-16H3. The third kappa shape index (κ3) is 7.71. The number of methoxy groups -OCH3 is 1. The highest BCUT2D eigenvalue weighted by molar-refractivity contribution is 5.90. The molecule has 272 valence electrons. The summed E-state index contributed by atoms with van der Waals surface area (Å²) in [5, 5.41) is 0. The van der Waals surface area contributed by atoms with Crippen molar-refractivity contribution >= 4 is 17.9 Å². The summed E-state index contributed by atoms with van der Waals surface area (Å²) in [6, 6.07) is 0. The minimum Gasteiger partial charge on any atom is -0.465 e. The average Bonchev–Trinajstić information content (AvgIpc) is 3.30. The van der Waals surface area contributed by atoms with E-state index in [1.54, 1.807) is 0 Å². The van der Waals surface area contributed by atoms with Crippen LogP contribution < -0.4 is 0 Å². The van der Waals surface area contributed by atoms with E-state index < -0.39 is 36.4 Å². The molecule has 10 nitrogen and oxygen atoms in total. The van der Waals surface area contributed by atoms with Crippen LogP contribution >= 0.6 is 0 Å². The van der Waals surface area contributed by atoms with E-state index >= 15 is 0 Å². The van der Waals surface area contributed by atoms with Crippen LogP contribution in [0.1, 0.15) is 115 Å². The molecule has 3 saturated heterocycles. The Kier molecular flexibility index (Phi) is 11.1. The third-order valence-corrected chi connectivity index (χ3v) is 13.5. The Morgan fingerprint density at radius 3 is 1.06 bits per heavy atom. The number of hydrogen-bond acceptors (Lipinski definition) is 10. The van der Waals surface area contributed by atoms with Crippen molar-refractivity contribution < 1.29 is 33.3 Å². The average molecular weight is 666 g/mol. The Morgan fingerprint density at radius 2 is 0.830 bits per heavy atom. The van der Waals surface area contributed by atoms with Crippen LogP contribution in [0.2, 0.25) is 0 Å². The molecular weight excluding hydrogens is 598 g/mol. The van der Waals surface area contributed by atoms with Gasteiger partial charge in [0.2, 0.25) is 0 Å². The molecule has 0 aromatic rings. The Morgan fingerprint density at radius 1 is 0.553 bits per heavy atom.